The number of ketones is 2. The third kappa shape index (κ3) is 4.23. The molecule has 0 aromatic heterocycles. The summed E-state index contributed by atoms with van der Waals surface area (Å²) >= 11 is 0. The van der Waals surface area contributed by atoms with Crippen molar-refractivity contribution in [1.29, 1.82) is 5.41 Å². The summed E-state index contributed by atoms with van der Waals surface area (Å²) in [5, 5.41) is 27.3. The standard InChI is InChI=1S/C20H21N5O5/c21-16-9-12(5-6-17(27)28)18-14(25(30)24-16)7-13(8-15(18)26)19(29)10-1-3-11(4-2-10)20(22)23/h1-4,7,9,12,24,30H,5-6,8,21H2,(H3,22,23)(H,27,28). The van der Waals surface area contributed by atoms with Crippen molar-refractivity contribution in [2.24, 2.45) is 17.4 Å². The number of carbonyl (C=O) groups excluding carboxylic acids is 2. The van der Waals surface area contributed by atoms with E-state index < -0.39 is 23.5 Å². The molecule has 1 aromatic carbocycles. The highest BCUT2D eigenvalue weighted by Crippen LogP contribution is 2.34. The number of hydrogen-bond donors (Lipinski definition) is 6. The molecule has 1 aromatic rings. The van der Waals surface area contributed by atoms with Crippen LogP contribution in [0.5, 0.6) is 0 Å². The molecule has 2 aliphatic rings. The molecule has 1 aliphatic heterocycles. The molecule has 1 unspecified atom stereocenters. The van der Waals surface area contributed by atoms with Crippen LogP contribution < -0.4 is 16.9 Å². The number of carboxylic acids is 1. The number of nitrogens with two attached hydrogens (primary N) is 2. The van der Waals surface area contributed by atoms with E-state index in [1.165, 1.54) is 36.4 Å². The second-order valence-electron chi connectivity index (χ2n) is 6.97. The molecule has 1 atom stereocenters. The van der Waals surface area contributed by atoms with Crippen LogP contribution in [0.1, 0.15) is 35.2 Å². The fourth-order valence-corrected chi connectivity index (χ4v) is 3.44. The van der Waals surface area contributed by atoms with Gasteiger partial charge in [-0.3, -0.25) is 30.4 Å². The lowest BCUT2D eigenvalue weighted by molar-refractivity contribution is -0.137. The second kappa shape index (κ2) is 8.21. The highest BCUT2D eigenvalue weighted by molar-refractivity contribution is 6.15. The number of hydroxylamine groups is 1. The number of nitrogens with one attached hydrogen (secondary N) is 2. The van der Waals surface area contributed by atoms with Crippen molar-refractivity contribution in [3.63, 3.8) is 0 Å². The van der Waals surface area contributed by atoms with Gasteiger partial charge in [0.05, 0.1) is 5.70 Å². The van der Waals surface area contributed by atoms with E-state index in [0.29, 0.717) is 16.3 Å². The van der Waals surface area contributed by atoms with E-state index in [2.05, 4.69) is 5.43 Å². The summed E-state index contributed by atoms with van der Waals surface area (Å²) in [5.41, 5.74) is 14.8. The van der Waals surface area contributed by atoms with Gasteiger partial charge in [0.1, 0.15) is 11.7 Å². The lowest BCUT2D eigenvalue weighted by atomic mass is 9.82. The van der Waals surface area contributed by atoms with E-state index in [1.807, 2.05) is 0 Å². The minimum absolute atomic E-state index is 0.0436. The van der Waals surface area contributed by atoms with Crippen molar-refractivity contribution >= 4 is 23.4 Å². The predicted molar refractivity (Wildman–Crippen MR) is 106 cm³/mol. The van der Waals surface area contributed by atoms with E-state index in [1.54, 1.807) is 0 Å². The van der Waals surface area contributed by atoms with Gasteiger partial charge in [-0.25, -0.2) is 0 Å². The molecular formula is C20H21N5O5. The first kappa shape index (κ1) is 20.8. The van der Waals surface area contributed by atoms with Crippen LogP contribution in [0.4, 0.5) is 0 Å². The Morgan fingerprint density at radius 2 is 1.87 bits per heavy atom. The number of benzene rings is 1. The average Bonchev–Trinajstić information content (AvgIpc) is 2.81. The van der Waals surface area contributed by atoms with Crippen LogP contribution in [-0.4, -0.2) is 38.9 Å². The van der Waals surface area contributed by atoms with Gasteiger partial charge in [0.2, 0.25) is 0 Å². The van der Waals surface area contributed by atoms with Gasteiger partial charge in [-0.05, 0) is 18.6 Å². The number of rotatable bonds is 6. The zero-order valence-electron chi connectivity index (χ0n) is 15.9. The number of Topliss-reactive ketones (excluding diaryl/α,β-unsaturated/α-hetero) is 2. The normalized spacial score (nSPS) is 18.6. The number of allylic oxidation sites excluding steroid dienone is 4. The molecule has 1 aliphatic carbocycles. The SMILES string of the molecule is N=C(N)c1ccc(C(=O)C2=CC3=C(C(=O)C2)C(CCC(=O)O)C=C(N)NN3O)cc1. The average molecular weight is 411 g/mol. The lowest BCUT2D eigenvalue weighted by Gasteiger charge is -2.25. The van der Waals surface area contributed by atoms with Crippen LogP contribution >= 0.6 is 0 Å². The number of amidine groups is 1. The fraction of sp³-hybridized carbons (Fsp3) is 0.200. The number of hydrogen-bond acceptors (Lipinski definition) is 8. The van der Waals surface area contributed by atoms with Gasteiger partial charge in [0.25, 0.3) is 0 Å². The summed E-state index contributed by atoms with van der Waals surface area (Å²) in [6.07, 6.45) is 2.59. The predicted octanol–water partition coefficient (Wildman–Crippen LogP) is 0.797. The maximum absolute atomic E-state index is 12.9. The van der Waals surface area contributed by atoms with E-state index in [9.17, 15) is 19.6 Å². The topological polar surface area (TPSA) is 183 Å². The first-order valence-corrected chi connectivity index (χ1v) is 9.09. The molecular weight excluding hydrogens is 390 g/mol. The van der Waals surface area contributed by atoms with E-state index in [0.717, 1.165) is 0 Å². The molecule has 3 rings (SSSR count). The molecule has 0 bridgehead atoms. The first-order chi connectivity index (χ1) is 14.2. The smallest absolute Gasteiger partial charge is 0.303 e. The molecule has 156 valence electrons. The maximum atomic E-state index is 12.9. The van der Waals surface area contributed by atoms with E-state index in [-0.39, 0.29) is 47.8 Å². The van der Waals surface area contributed by atoms with Gasteiger partial charge >= 0.3 is 5.97 Å². The number of carbonyl (C=O) groups is 3. The molecule has 0 amide bonds. The monoisotopic (exact) mass is 411 g/mol. The summed E-state index contributed by atoms with van der Waals surface area (Å²) in [6, 6.07) is 6.07. The van der Waals surface area contributed by atoms with Gasteiger partial charge in [0, 0.05) is 41.0 Å². The molecule has 10 nitrogen and oxygen atoms in total. The first-order valence-electron chi connectivity index (χ1n) is 9.09. The van der Waals surface area contributed by atoms with Gasteiger partial charge in [-0.15, -0.1) is 0 Å². The van der Waals surface area contributed by atoms with E-state index in [4.69, 9.17) is 22.0 Å². The quantitative estimate of drug-likeness (QED) is 0.224. The Morgan fingerprint density at radius 3 is 2.47 bits per heavy atom. The summed E-state index contributed by atoms with van der Waals surface area (Å²) < 4.78 is 0. The van der Waals surface area contributed by atoms with Crippen LogP contribution in [0.3, 0.4) is 0 Å². The van der Waals surface area contributed by atoms with Gasteiger partial charge in [-0.2, -0.15) is 5.17 Å². The highest BCUT2D eigenvalue weighted by atomic mass is 16.5. The number of carboxylic acid groups (broad SMARTS) is 1. The highest BCUT2D eigenvalue weighted by Gasteiger charge is 2.34. The van der Waals surface area contributed by atoms with Crippen LogP contribution in [0.15, 0.2) is 59.1 Å². The molecule has 8 N–H and O–H groups in total. The number of aliphatic carboxylic acids is 1. The van der Waals surface area contributed by atoms with Crippen molar-refractivity contribution in [1.82, 2.24) is 10.6 Å². The molecule has 1 heterocycles. The Bertz CT molecular complexity index is 1020. The van der Waals surface area contributed by atoms with Gasteiger partial charge in [0.15, 0.2) is 11.6 Å². The Morgan fingerprint density at radius 1 is 1.23 bits per heavy atom. The third-order valence-corrected chi connectivity index (χ3v) is 4.87. The van der Waals surface area contributed by atoms with E-state index >= 15 is 0 Å². The van der Waals surface area contributed by atoms with Crippen LogP contribution in [-0.2, 0) is 9.59 Å². The third-order valence-electron chi connectivity index (χ3n) is 4.87. The molecule has 0 saturated heterocycles. The lowest BCUT2D eigenvalue weighted by Crippen LogP contribution is -2.37. The van der Waals surface area contributed by atoms with Crippen LogP contribution in [0, 0.1) is 11.3 Å². The number of nitrogens with zero attached hydrogens (tertiary/aromatic N) is 1. The Kier molecular flexibility index (Phi) is 5.70. The Balaban J connectivity index is 1.97. The molecule has 0 spiro atoms. The zero-order valence-corrected chi connectivity index (χ0v) is 15.9. The molecule has 0 radical (unpaired) electrons. The van der Waals surface area contributed by atoms with Gasteiger partial charge in [-0.1, -0.05) is 24.3 Å². The summed E-state index contributed by atoms with van der Waals surface area (Å²) in [7, 11) is 0. The molecule has 30 heavy (non-hydrogen) atoms. The molecule has 0 saturated carbocycles. The van der Waals surface area contributed by atoms with Crippen molar-refractivity contribution in [3.8, 4) is 0 Å². The van der Waals surface area contributed by atoms with Crippen molar-refractivity contribution in [2.75, 3.05) is 0 Å². The van der Waals surface area contributed by atoms with Crippen molar-refractivity contribution in [2.45, 2.75) is 19.3 Å². The van der Waals surface area contributed by atoms with Crippen LogP contribution in [0.25, 0.3) is 0 Å². The fourth-order valence-electron chi connectivity index (χ4n) is 3.44. The minimum atomic E-state index is -1.02. The second-order valence-corrected chi connectivity index (χ2v) is 6.97. The summed E-state index contributed by atoms with van der Waals surface area (Å²) in [4.78, 5) is 36.8. The summed E-state index contributed by atoms with van der Waals surface area (Å²) in [6.45, 7) is 0. The molecule has 0 fully saturated rings. The van der Waals surface area contributed by atoms with Crippen LogP contribution in [0.2, 0.25) is 0 Å². The maximum Gasteiger partial charge on any atom is 0.303 e. The van der Waals surface area contributed by atoms with Gasteiger partial charge < -0.3 is 16.6 Å². The van der Waals surface area contributed by atoms with Crippen molar-refractivity contribution < 1.29 is 24.7 Å². The Labute approximate surface area is 171 Å². The number of hydrazine groups is 1. The number of nitrogen functional groups attached to an aromatic ring is 1. The zero-order chi connectivity index (χ0) is 22.0. The largest absolute Gasteiger partial charge is 0.481 e. The minimum Gasteiger partial charge on any atom is -0.481 e. The summed E-state index contributed by atoms with van der Waals surface area (Å²) in [5.74, 6) is -2.55. The molecule has 10 heteroatoms. The Hall–Kier alpha value is -3.92. The van der Waals surface area contributed by atoms with Crippen molar-refractivity contribution in [3.05, 3.63) is 70.2 Å².